The lowest BCUT2D eigenvalue weighted by Crippen LogP contribution is -2.41. The maximum Gasteiger partial charge on any atom is 0.240 e. The van der Waals surface area contributed by atoms with E-state index in [1.807, 2.05) is 6.92 Å². The second-order valence-electron chi connectivity index (χ2n) is 5.70. The van der Waals surface area contributed by atoms with Crippen molar-refractivity contribution >= 4 is 10.0 Å². The number of sulfonamides is 1. The Morgan fingerprint density at radius 2 is 2.20 bits per heavy atom. The van der Waals surface area contributed by atoms with E-state index in [1.165, 1.54) is 0 Å². The largest absolute Gasteiger partial charge is 0.490 e. The first-order valence-electron chi connectivity index (χ1n) is 7.01. The Bertz CT molecular complexity index is 611. The summed E-state index contributed by atoms with van der Waals surface area (Å²) in [5, 5.41) is 0. The number of rotatable bonds is 5. The van der Waals surface area contributed by atoms with E-state index >= 15 is 0 Å². The summed E-state index contributed by atoms with van der Waals surface area (Å²) in [6, 6.07) is 4.90. The average Bonchev–Trinajstić information content (AvgIpc) is 3.16. The third-order valence-corrected chi connectivity index (χ3v) is 5.42. The molecule has 3 rings (SSSR count). The van der Waals surface area contributed by atoms with E-state index in [4.69, 9.17) is 10.5 Å². The lowest BCUT2D eigenvalue weighted by Gasteiger charge is -2.16. The molecule has 20 heavy (non-hydrogen) atoms. The number of benzene rings is 1. The van der Waals surface area contributed by atoms with Gasteiger partial charge in [-0.3, -0.25) is 0 Å². The highest BCUT2D eigenvalue weighted by Crippen LogP contribution is 2.34. The average molecular weight is 296 g/mol. The summed E-state index contributed by atoms with van der Waals surface area (Å²) in [4.78, 5) is 0.299. The molecule has 0 radical (unpaired) electrons. The van der Waals surface area contributed by atoms with E-state index in [-0.39, 0.29) is 12.1 Å². The zero-order valence-electron chi connectivity index (χ0n) is 11.5. The number of nitrogens with one attached hydrogen (secondary N) is 1. The molecule has 0 unspecified atom stereocenters. The summed E-state index contributed by atoms with van der Waals surface area (Å²) in [5.41, 5.74) is 6.62. The third-order valence-electron chi connectivity index (χ3n) is 3.93. The predicted octanol–water partition coefficient (Wildman–Crippen LogP) is 1.03. The molecule has 0 bridgehead atoms. The minimum absolute atomic E-state index is 0.110. The van der Waals surface area contributed by atoms with Crippen LogP contribution in [-0.2, 0) is 16.4 Å². The number of hydrogen-bond donors (Lipinski definition) is 2. The van der Waals surface area contributed by atoms with Crippen molar-refractivity contribution in [1.82, 2.24) is 4.72 Å². The van der Waals surface area contributed by atoms with Crippen molar-refractivity contribution in [2.75, 3.05) is 6.54 Å². The maximum atomic E-state index is 12.4. The highest BCUT2D eigenvalue weighted by atomic mass is 32.2. The van der Waals surface area contributed by atoms with Crippen LogP contribution in [0.3, 0.4) is 0 Å². The Kier molecular flexibility index (Phi) is 3.48. The summed E-state index contributed by atoms with van der Waals surface area (Å²) < 4.78 is 33.1. The Hall–Kier alpha value is -1.11. The van der Waals surface area contributed by atoms with E-state index in [1.54, 1.807) is 18.2 Å². The molecule has 6 heteroatoms. The molecule has 5 nitrogen and oxygen atoms in total. The smallest absolute Gasteiger partial charge is 0.240 e. The Morgan fingerprint density at radius 3 is 2.85 bits per heavy atom. The standard InChI is InChI=1S/C14H20N2O3S/c1-9-6-11-7-12(4-5-14(11)19-9)20(17,18)16-13(8-15)10-2-3-10/h4-5,7,9-10,13,16H,2-3,6,8,15H2,1H3/t9-,13-/m0/s1. The molecule has 3 N–H and O–H groups in total. The van der Waals surface area contributed by atoms with Gasteiger partial charge in [-0.2, -0.15) is 0 Å². The van der Waals surface area contributed by atoms with Crippen LogP contribution in [0, 0.1) is 5.92 Å². The van der Waals surface area contributed by atoms with Crippen LogP contribution in [0.4, 0.5) is 0 Å². The van der Waals surface area contributed by atoms with Gasteiger partial charge in [-0.25, -0.2) is 13.1 Å². The first-order chi connectivity index (χ1) is 9.49. The van der Waals surface area contributed by atoms with Gasteiger partial charge in [0.2, 0.25) is 10.0 Å². The van der Waals surface area contributed by atoms with Crippen LogP contribution in [-0.4, -0.2) is 27.1 Å². The van der Waals surface area contributed by atoms with Crippen molar-refractivity contribution in [2.24, 2.45) is 11.7 Å². The van der Waals surface area contributed by atoms with Crippen LogP contribution in [0.25, 0.3) is 0 Å². The zero-order valence-corrected chi connectivity index (χ0v) is 12.3. The molecule has 1 aromatic carbocycles. The van der Waals surface area contributed by atoms with Crippen LogP contribution < -0.4 is 15.2 Å². The molecular weight excluding hydrogens is 276 g/mol. The van der Waals surface area contributed by atoms with Crippen LogP contribution in [0.2, 0.25) is 0 Å². The fourth-order valence-corrected chi connectivity index (χ4v) is 4.04. The molecular formula is C14H20N2O3S. The Morgan fingerprint density at radius 1 is 1.45 bits per heavy atom. The topological polar surface area (TPSA) is 81.4 Å². The quantitative estimate of drug-likeness (QED) is 0.850. The van der Waals surface area contributed by atoms with Gasteiger partial charge in [-0.05, 0) is 49.4 Å². The van der Waals surface area contributed by atoms with Gasteiger partial charge in [0.1, 0.15) is 11.9 Å². The SMILES string of the molecule is C[C@H]1Cc2cc(S(=O)(=O)N[C@@H](CN)C3CC3)ccc2O1. The van der Waals surface area contributed by atoms with Crippen molar-refractivity contribution in [3.63, 3.8) is 0 Å². The first-order valence-corrected chi connectivity index (χ1v) is 8.50. The first kappa shape index (κ1) is 13.9. The monoisotopic (exact) mass is 296 g/mol. The van der Waals surface area contributed by atoms with Crippen molar-refractivity contribution in [2.45, 2.75) is 43.2 Å². The minimum atomic E-state index is -3.50. The molecule has 1 saturated carbocycles. The summed E-state index contributed by atoms with van der Waals surface area (Å²) in [7, 11) is -3.50. The van der Waals surface area contributed by atoms with Gasteiger partial charge in [0.25, 0.3) is 0 Å². The molecule has 1 aliphatic heterocycles. The number of fused-ring (bicyclic) bond motifs is 1. The predicted molar refractivity (Wildman–Crippen MR) is 76.1 cm³/mol. The summed E-state index contributed by atoms with van der Waals surface area (Å²) in [6.07, 6.45) is 2.97. The van der Waals surface area contributed by atoms with Gasteiger partial charge >= 0.3 is 0 Å². The van der Waals surface area contributed by atoms with E-state index in [9.17, 15) is 8.42 Å². The van der Waals surface area contributed by atoms with Crippen molar-refractivity contribution < 1.29 is 13.2 Å². The van der Waals surface area contributed by atoms with E-state index in [0.717, 1.165) is 30.6 Å². The molecule has 0 amide bonds. The molecule has 1 heterocycles. The lowest BCUT2D eigenvalue weighted by molar-refractivity contribution is 0.254. The molecule has 2 atom stereocenters. The zero-order chi connectivity index (χ0) is 14.3. The normalized spacial score (nSPS) is 23.2. The van der Waals surface area contributed by atoms with Crippen molar-refractivity contribution in [3.8, 4) is 5.75 Å². The fraction of sp³-hybridized carbons (Fsp3) is 0.571. The van der Waals surface area contributed by atoms with Gasteiger partial charge in [-0.1, -0.05) is 0 Å². The molecule has 0 aromatic heterocycles. The maximum absolute atomic E-state index is 12.4. The van der Waals surface area contributed by atoms with Crippen LogP contribution >= 0.6 is 0 Å². The molecule has 110 valence electrons. The van der Waals surface area contributed by atoms with Gasteiger partial charge in [0.05, 0.1) is 4.90 Å². The molecule has 1 aromatic rings. The van der Waals surface area contributed by atoms with Crippen LogP contribution in [0.15, 0.2) is 23.1 Å². The van der Waals surface area contributed by atoms with Crippen LogP contribution in [0.5, 0.6) is 5.75 Å². The van der Waals surface area contributed by atoms with E-state index in [0.29, 0.717) is 17.4 Å². The van der Waals surface area contributed by atoms with E-state index < -0.39 is 10.0 Å². The van der Waals surface area contributed by atoms with Gasteiger partial charge in [-0.15, -0.1) is 0 Å². The van der Waals surface area contributed by atoms with Crippen molar-refractivity contribution in [1.29, 1.82) is 0 Å². The van der Waals surface area contributed by atoms with Gasteiger partial charge in [0, 0.05) is 19.0 Å². The lowest BCUT2D eigenvalue weighted by atomic mass is 10.1. The molecule has 0 saturated heterocycles. The number of nitrogens with two attached hydrogens (primary N) is 1. The fourth-order valence-electron chi connectivity index (χ4n) is 2.67. The second kappa shape index (κ2) is 5.02. The summed E-state index contributed by atoms with van der Waals surface area (Å²) >= 11 is 0. The molecule has 1 fully saturated rings. The van der Waals surface area contributed by atoms with Crippen molar-refractivity contribution in [3.05, 3.63) is 23.8 Å². The highest BCUT2D eigenvalue weighted by Gasteiger charge is 2.33. The van der Waals surface area contributed by atoms with Crippen LogP contribution in [0.1, 0.15) is 25.3 Å². The molecule has 2 aliphatic rings. The second-order valence-corrected chi connectivity index (χ2v) is 7.42. The Balaban J connectivity index is 1.82. The highest BCUT2D eigenvalue weighted by molar-refractivity contribution is 7.89. The number of hydrogen-bond acceptors (Lipinski definition) is 4. The molecule has 0 spiro atoms. The summed E-state index contributed by atoms with van der Waals surface area (Å²) in [5.74, 6) is 1.18. The third kappa shape index (κ3) is 2.68. The van der Waals surface area contributed by atoms with E-state index in [2.05, 4.69) is 4.72 Å². The van der Waals surface area contributed by atoms with Gasteiger partial charge in [0.15, 0.2) is 0 Å². The minimum Gasteiger partial charge on any atom is -0.490 e. The summed E-state index contributed by atoms with van der Waals surface area (Å²) in [6.45, 7) is 2.32. The molecule has 1 aliphatic carbocycles. The number of ether oxygens (including phenoxy) is 1. The van der Waals surface area contributed by atoms with Gasteiger partial charge < -0.3 is 10.5 Å². The Labute approximate surface area is 119 Å².